The van der Waals surface area contributed by atoms with Crippen molar-refractivity contribution in [2.75, 3.05) is 57.7 Å². The van der Waals surface area contributed by atoms with Crippen LogP contribution in [0, 0.1) is 38.5 Å². The molecule has 0 unspecified atom stereocenters. The zero-order valence-electron chi connectivity index (χ0n) is 24.3. The number of benzene rings is 2. The van der Waals surface area contributed by atoms with Crippen LogP contribution in [0.3, 0.4) is 0 Å². The predicted octanol–water partition coefficient (Wildman–Crippen LogP) is 5.62. The average Bonchev–Trinajstić information content (AvgIpc) is 3.65. The molecule has 0 spiro atoms. The summed E-state index contributed by atoms with van der Waals surface area (Å²) < 4.78 is 3.30. The third kappa shape index (κ3) is 6.77. The number of nitrogens with one attached hydrogen (secondary N) is 2. The second-order valence-corrected chi connectivity index (χ2v) is 12.2. The maximum Gasteiger partial charge on any atom is 0.151 e. The molecule has 5 radical (unpaired) electrons. The zero-order valence-corrected chi connectivity index (χ0v) is 25.9. The van der Waals surface area contributed by atoms with E-state index in [1.54, 1.807) is 6.07 Å². The molecular formula is C34H40BrN6O. The Bertz CT molecular complexity index is 1490. The van der Waals surface area contributed by atoms with Crippen LogP contribution in [-0.4, -0.2) is 76.6 Å². The molecule has 42 heavy (non-hydrogen) atoms. The van der Waals surface area contributed by atoms with Crippen molar-refractivity contribution in [2.24, 2.45) is 0 Å². The molecule has 1 aliphatic carbocycles. The Morgan fingerprint density at radius 3 is 2.40 bits per heavy atom. The lowest BCUT2D eigenvalue weighted by atomic mass is 9.95. The first-order chi connectivity index (χ1) is 20.6. The van der Waals surface area contributed by atoms with Crippen LogP contribution in [-0.2, 0) is 6.54 Å². The number of phenolic OH excluding ortho intramolecular Hbond substituents is 1. The number of aryl methyl sites for hydroxylation is 1. The lowest BCUT2D eigenvalue weighted by Crippen LogP contribution is -2.47. The molecule has 1 aliphatic heterocycles. The van der Waals surface area contributed by atoms with Crippen molar-refractivity contribution in [3.8, 4) is 5.75 Å². The second-order valence-electron chi connectivity index (χ2n) is 11.3. The third-order valence-electron chi connectivity index (χ3n) is 8.34. The van der Waals surface area contributed by atoms with E-state index in [4.69, 9.17) is 4.98 Å². The summed E-state index contributed by atoms with van der Waals surface area (Å²) in [5.41, 5.74) is 6.76. The topological polar surface area (TPSA) is 68.1 Å². The van der Waals surface area contributed by atoms with E-state index in [1.807, 2.05) is 12.1 Å². The normalized spacial score (nSPS) is 17.1. The maximum absolute atomic E-state index is 10.0. The van der Waals surface area contributed by atoms with Gasteiger partial charge < -0.3 is 29.9 Å². The highest BCUT2D eigenvalue weighted by Crippen LogP contribution is 2.39. The molecule has 8 heteroatoms. The van der Waals surface area contributed by atoms with Crippen molar-refractivity contribution >= 4 is 38.3 Å². The molecule has 3 heterocycles. The third-order valence-corrected chi connectivity index (χ3v) is 8.83. The van der Waals surface area contributed by atoms with Crippen LogP contribution >= 0.6 is 15.9 Å². The minimum atomic E-state index is 0.349. The number of fused-ring (bicyclic) bond motifs is 3. The Morgan fingerprint density at radius 2 is 1.64 bits per heavy atom. The van der Waals surface area contributed by atoms with Gasteiger partial charge in [0.1, 0.15) is 5.75 Å². The van der Waals surface area contributed by atoms with Crippen LogP contribution in [0.4, 0.5) is 5.82 Å². The second kappa shape index (κ2) is 13.8. The quantitative estimate of drug-likeness (QED) is 0.177. The summed E-state index contributed by atoms with van der Waals surface area (Å²) in [5.74, 6) is 2.56. The van der Waals surface area contributed by atoms with Gasteiger partial charge in [0.25, 0.3) is 0 Å². The van der Waals surface area contributed by atoms with Crippen molar-refractivity contribution in [2.45, 2.75) is 26.3 Å². The van der Waals surface area contributed by atoms with E-state index in [0.29, 0.717) is 12.3 Å². The monoisotopic (exact) mass is 627 g/mol. The lowest BCUT2D eigenvalue weighted by molar-refractivity contribution is 0.131. The Hall–Kier alpha value is -2.65. The van der Waals surface area contributed by atoms with Gasteiger partial charge in [0.05, 0.1) is 16.6 Å². The van der Waals surface area contributed by atoms with Crippen LogP contribution in [0.2, 0.25) is 0 Å². The molecule has 2 fully saturated rings. The standard InChI is InChI=1S/C34H40BrN6O/c1-25-24-41-30-11-5-4-10-29(30)38-34(33(41)32(25)26-8-2-3-9-26)37-15-7-17-40-20-18-39(19-21-40)16-6-14-36-23-27-22-28(35)12-13-31(27)42/h2-5,8-13,22,24,36,42H,6-7,14-21,23H2,1H3,(H,37,38). The van der Waals surface area contributed by atoms with Gasteiger partial charge in [0.2, 0.25) is 0 Å². The first-order valence-electron chi connectivity index (χ1n) is 15.1. The van der Waals surface area contributed by atoms with Gasteiger partial charge in [0, 0.05) is 61.4 Å². The Kier molecular flexibility index (Phi) is 9.64. The van der Waals surface area contributed by atoms with Crippen molar-refractivity contribution in [1.82, 2.24) is 24.5 Å². The maximum atomic E-state index is 10.0. The molecule has 2 aromatic heterocycles. The van der Waals surface area contributed by atoms with Gasteiger partial charge in [-0.3, -0.25) is 0 Å². The Labute approximate surface area is 258 Å². The minimum absolute atomic E-state index is 0.349. The molecule has 0 amide bonds. The number of para-hydroxylation sites is 2. The highest BCUT2D eigenvalue weighted by atomic mass is 79.9. The van der Waals surface area contributed by atoms with E-state index in [9.17, 15) is 5.11 Å². The summed E-state index contributed by atoms with van der Waals surface area (Å²) in [5, 5.41) is 17.2. The molecule has 1 saturated carbocycles. The highest BCUT2D eigenvalue weighted by molar-refractivity contribution is 9.10. The molecule has 0 atom stereocenters. The van der Waals surface area contributed by atoms with Gasteiger partial charge in [-0.1, -0.05) is 28.1 Å². The largest absolute Gasteiger partial charge is 0.508 e. The summed E-state index contributed by atoms with van der Waals surface area (Å²) in [6.45, 7) is 11.4. The Balaban J connectivity index is 0.960. The fraction of sp³-hybridized carbons (Fsp3) is 0.353. The van der Waals surface area contributed by atoms with Gasteiger partial charge in [-0.15, -0.1) is 0 Å². The number of hydrogen-bond acceptors (Lipinski definition) is 6. The van der Waals surface area contributed by atoms with Crippen molar-refractivity contribution in [3.63, 3.8) is 0 Å². The first kappa shape index (κ1) is 29.4. The molecule has 2 aromatic carbocycles. The number of aromatic nitrogens is 2. The predicted molar refractivity (Wildman–Crippen MR) is 175 cm³/mol. The molecule has 3 N–H and O–H groups in total. The Morgan fingerprint density at radius 1 is 0.929 bits per heavy atom. The SMILES string of the molecule is Cc1cn2c(c(NCCCN3CCN(CCCNCc4cc(Br)ccc4O)CC3)nc3ccccc32)c1[C]1[CH][CH][CH][CH]1. The molecule has 4 aromatic rings. The number of halogens is 1. The van der Waals surface area contributed by atoms with Crippen molar-refractivity contribution in [1.29, 1.82) is 0 Å². The van der Waals surface area contributed by atoms with Crippen LogP contribution in [0.5, 0.6) is 5.75 Å². The highest BCUT2D eigenvalue weighted by Gasteiger charge is 2.26. The van der Waals surface area contributed by atoms with Crippen molar-refractivity contribution < 1.29 is 5.11 Å². The molecule has 6 rings (SSSR count). The number of piperazine rings is 1. The average molecular weight is 629 g/mol. The number of anilines is 1. The van der Waals surface area contributed by atoms with E-state index in [2.05, 4.69) is 104 Å². The summed E-state index contributed by atoms with van der Waals surface area (Å²) in [7, 11) is 0. The van der Waals surface area contributed by atoms with E-state index in [1.165, 1.54) is 17.0 Å². The smallest absolute Gasteiger partial charge is 0.151 e. The van der Waals surface area contributed by atoms with Crippen LogP contribution in [0.15, 0.2) is 53.1 Å². The minimum Gasteiger partial charge on any atom is -0.508 e. The lowest BCUT2D eigenvalue weighted by Gasteiger charge is -2.34. The molecule has 7 nitrogen and oxygen atoms in total. The number of rotatable bonds is 12. The van der Waals surface area contributed by atoms with Gasteiger partial charge >= 0.3 is 0 Å². The number of nitrogens with zero attached hydrogens (tertiary/aromatic N) is 4. The fourth-order valence-electron chi connectivity index (χ4n) is 6.11. The van der Waals surface area contributed by atoms with Crippen LogP contribution < -0.4 is 10.6 Å². The van der Waals surface area contributed by atoms with Gasteiger partial charge in [-0.25, -0.2) is 4.98 Å². The summed E-state index contributed by atoms with van der Waals surface area (Å²) >= 11 is 3.48. The van der Waals surface area contributed by atoms with E-state index in [-0.39, 0.29) is 0 Å². The zero-order chi connectivity index (χ0) is 28.9. The summed E-state index contributed by atoms with van der Waals surface area (Å²) in [6, 6.07) is 14.0. The van der Waals surface area contributed by atoms with Gasteiger partial charge in [-0.2, -0.15) is 0 Å². The van der Waals surface area contributed by atoms with Crippen LogP contribution in [0.25, 0.3) is 16.6 Å². The molecule has 1 saturated heterocycles. The van der Waals surface area contributed by atoms with E-state index >= 15 is 0 Å². The fourth-order valence-corrected chi connectivity index (χ4v) is 6.52. The van der Waals surface area contributed by atoms with E-state index in [0.717, 1.165) is 97.6 Å². The number of hydrogen-bond donors (Lipinski definition) is 3. The number of phenols is 1. The number of aromatic hydroxyl groups is 1. The van der Waals surface area contributed by atoms with Gasteiger partial charge in [0.15, 0.2) is 5.82 Å². The summed E-state index contributed by atoms with van der Waals surface area (Å²) in [4.78, 5) is 10.2. The first-order valence-corrected chi connectivity index (χ1v) is 15.9. The molecule has 2 aliphatic rings. The molecular weight excluding hydrogens is 588 g/mol. The van der Waals surface area contributed by atoms with Crippen molar-refractivity contribution in [3.05, 3.63) is 101 Å². The van der Waals surface area contributed by atoms with Crippen LogP contribution in [0.1, 0.15) is 29.5 Å². The molecule has 219 valence electrons. The molecule has 0 bridgehead atoms. The van der Waals surface area contributed by atoms with Gasteiger partial charge in [-0.05, 0) is 107 Å². The summed E-state index contributed by atoms with van der Waals surface area (Å²) in [6.07, 6.45) is 13.0. The van der Waals surface area contributed by atoms with E-state index < -0.39 is 0 Å².